The van der Waals surface area contributed by atoms with Gasteiger partial charge in [0.15, 0.2) is 0 Å². The highest BCUT2D eigenvalue weighted by molar-refractivity contribution is 8.02. The molecule has 0 aliphatic carbocycles. The quantitative estimate of drug-likeness (QED) is 0.329. The Morgan fingerprint density at radius 2 is 1.94 bits per heavy atom. The van der Waals surface area contributed by atoms with E-state index in [9.17, 15) is 19.5 Å². The number of carbonyl (C=O) groups excluding carboxylic acids is 3. The zero-order valence-electron chi connectivity index (χ0n) is 22.8. The summed E-state index contributed by atoms with van der Waals surface area (Å²) in [5.41, 5.74) is -0.510. The smallest absolute Gasteiger partial charge is 0.311 e. The maximum absolute atomic E-state index is 14.6. The van der Waals surface area contributed by atoms with Crippen molar-refractivity contribution in [3.8, 4) is 0 Å². The number of nitrogens with zero attached hydrogens (tertiary/aromatic N) is 2. The van der Waals surface area contributed by atoms with E-state index >= 15 is 0 Å². The minimum atomic E-state index is -0.751. The molecule has 3 aliphatic rings. The van der Waals surface area contributed by atoms with Gasteiger partial charge in [-0.25, -0.2) is 0 Å². The molecule has 2 amide bonds. The van der Waals surface area contributed by atoms with Crippen molar-refractivity contribution in [1.82, 2.24) is 9.80 Å². The van der Waals surface area contributed by atoms with Crippen molar-refractivity contribution < 1.29 is 24.2 Å². The first kappa shape index (κ1) is 28.8. The summed E-state index contributed by atoms with van der Waals surface area (Å²) >= 11 is 1.62. The monoisotopic (exact) mass is 520 g/mol. The number of aliphatic hydroxyl groups is 1. The van der Waals surface area contributed by atoms with Crippen molar-refractivity contribution in [3.05, 3.63) is 25.3 Å². The van der Waals surface area contributed by atoms with Gasteiger partial charge in [0.1, 0.15) is 12.6 Å². The Labute approximate surface area is 220 Å². The number of hydrogen-bond acceptors (Lipinski definition) is 6. The molecule has 2 bridgehead atoms. The molecule has 3 saturated heterocycles. The summed E-state index contributed by atoms with van der Waals surface area (Å²) in [5, 5.41) is 10.2. The number of ether oxygens (including phenoxy) is 1. The maximum Gasteiger partial charge on any atom is 0.311 e. The average Bonchev–Trinajstić information content (AvgIpc) is 3.42. The van der Waals surface area contributed by atoms with Crippen LogP contribution in [0.2, 0.25) is 0 Å². The highest BCUT2D eigenvalue weighted by atomic mass is 32.2. The molecule has 3 rings (SSSR count). The molecule has 3 heterocycles. The third-order valence-electron chi connectivity index (χ3n) is 7.93. The van der Waals surface area contributed by atoms with Gasteiger partial charge in [-0.2, -0.15) is 0 Å². The fourth-order valence-electron chi connectivity index (χ4n) is 6.99. The fourth-order valence-corrected chi connectivity index (χ4v) is 9.18. The number of carbonyl (C=O) groups is 3. The van der Waals surface area contributed by atoms with E-state index in [1.807, 2.05) is 11.8 Å². The lowest BCUT2D eigenvalue weighted by Gasteiger charge is -2.46. The van der Waals surface area contributed by atoms with Gasteiger partial charge in [-0.05, 0) is 44.9 Å². The Hall–Kier alpha value is -1.80. The minimum Gasteiger partial charge on any atom is -0.461 e. The normalized spacial score (nSPS) is 30.2. The van der Waals surface area contributed by atoms with Gasteiger partial charge in [0, 0.05) is 17.3 Å². The molecule has 0 aromatic carbocycles. The Morgan fingerprint density at radius 3 is 2.47 bits per heavy atom. The molecule has 0 saturated carbocycles. The molecule has 3 fully saturated rings. The lowest BCUT2D eigenvalue weighted by Crippen LogP contribution is -2.61. The van der Waals surface area contributed by atoms with Gasteiger partial charge in [-0.15, -0.1) is 18.3 Å². The molecule has 7 nitrogen and oxygen atoms in total. The zero-order valence-corrected chi connectivity index (χ0v) is 23.6. The van der Waals surface area contributed by atoms with E-state index in [0.717, 1.165) is 12.8 Å². The largest absolute Gasteiger partial charge is 0.461 e. The van der Waals surface area contributed by atoms with E-state index in [4.69, 9.17) is 4.74 Å². The standard InChI is InChI=1S/C28H44N2O5S/c1-9-14-29(27(7,8)17-26(4,5)6)24(33)22-28-13-12-19(36-28)20(25(34)35-15-10-2)21(28)23(32)30(22)18(11-3)16-31/h9-10,18-22,31H,1-2,11-17H2,3-8H3/t18-,19-,20+,21-,22?,28?/m0/s1. The van der Waals surface area contributed by atoms with Crippen molar-refractivity contribution in [2.75, 3.05) is 19.8 Å². The number of rotatable bonds is 11. The van der Waals surface area contributed by atoms with Crippen molar-refractivity contribution in [2.24, 2.45) is 17.3 Å². The van der Waals surface area contributed by atoms with Gasteiger partial charge in [0.2, 0.25) is 11.8 Å². The SMILES string of the molecule is C=CCOC(=O)[C@@H]1[C@@H]2CCC3(S2)C(C(=O)N(CC=C)C(C)(C)CC(C)(C)C)N([C@@H](CC)CO)C(=O)[C@H]13. The second-order valence-corrected chi connectivity index (χ2v) is 13.9. The van der Waals surface area contributed by atoms with E-state index in [2.05, 4.69) is 47.8 Å². The van der Waals surface area contributed by atoms with Crippen LogP contribution in [-0.4, -0.2) is 80.1 Å². The molecule has 202 valence electrons. The van der Waals surface area contributed by atoms with Crippen LogP contribution in [0.1, 0.15) is 67.2 Å². The molecular weight excluding hydrogens is 476 g/mol. The van der Waals surface area contributed by atoms with Crippen molar-refractivity contribution >= 4 is 29.5 Å². The zero-order chi connectivity index (χ0) is 27.1. The molecule has 0 aromatic heterocycles. The molecule has 1 N–H and O–H groups in total. The molecule has 8 heteroatoms. The maximum atomic E-state index is 14.6. The number of hydrogen-bond donors (Lipinski definition) is 1. The second kappa shape index (κ2) is 10.5. The highest BCUT2D eigenvalue weighted by Gasteiger charge is 2.75. The highest BCUT2D eigenvalue weighted by Crippen LogP contribution is 2.67. The molecule has 6 atom stereocenters. The van der Waals surface area contributed by atoms with E-state index in [1.54, 1.807) is 22.7 Å². The second-order valence-electron chi connectivity index (χ2n) is 12.3. The first-order chi connectivity index (χ1) is 16.8. The summed E-state index contributed by atoms with van der Waals surface area (Å²) in [6.07, 6.45) is 5.97. The van der Waals surface area contributed by atoms with Gasteiger partial charge in [-0.1, -0.05) is 46.4 Å². The van der Waals surface area contributed by atoms with E-state index in [1.165, 1.54) is 6.08 Å². The van der Waals surface area contributed by atoms with Crippen LogP contribution < -0.4 is 0 Å². The average molecular weight is 521 g/mol. The first-order valence-electron chi connectivity index (χ1n) is 13.1. The lowest BCUT2D eigenvalue weighted by atomic mass is 9.71. The molecule has 1 spiro atoms. The van der Waals surface area contributed by atoms with Crippen LogP contribution in [-0.2, 0) is 19.1 Å². The van der Waals surface area contributed by atoms with Crippen LogP contribution in [0.15, 0.2) is 25.3 Å². The summed E-state index contributed by atoms with van der Waals surface area (Å²) in [6.45, 7) is 20.2. The van der Waals surface area contributed by atoms with Crippen LogP contribution >= 0.6 is 11.8 Å². The lowest BCUT2D eigenvalue weighted by molar-refractivity contribution is -0.153. The predicted octanol–water partition coefficient (Wildman–Crippen LogP) is 3.81. The Morgan fingerprint density at radius 1 is 1.28 bits per heavy atom. The van der Waals surface area contributed by atoms with Crippen LogP contribution in [0.5, 0.6) is 0 Å². The van der Waals surface area contributed by atoms with Crippen LogP contribution in [0.4, 0.5) is 0 Å². The summed E-state index contributed by atoms with van der Waals surface area (Å²) in [7, 11) is 0. The minimum absolute atomic E-state index is 0.0210. The summed E-state index contributed by atoms with van der Waals surface area (Å²) in [4.78, 5) is 45.3. The molecule has 3 aliphatic heterocycles. The predicted molar refractivity (Wildman–Crippen MR) is 143 cm³/mol. The van der Waals surface area contributed by atoms with Gasteiger partial charge in [0.05, 0.1) is 29.2 Å². The molecule has 2 unspecified atom stereocenters. The molecular formula is C28H44N2O5S. The molecule has 0 radical (unpaired) electrons. The number of esters is 1. The van der Waals surface area contributed by atoms with Crippen LogP contribution in [0.3, 0.4) is 0 Å². The van der Waals surface area contributed by atoms with E-state index < -0.39 is 40.2 Å². The van der Waals surface area contributed by atoms with Crippen molar-refractivity contribution in [1.29, 1.82) is 0 Å². The number of likely N-dealkylation sites (tertiary alicyclic amines) is 1. The molecule has 0 aromatic rings. The van der Waals surface area contributed by atoms with Crippen LogP contribution in [0, 0.1) is 17.3 Å². The topological polar surface area (TPSA) is 87.2 Å². The number of aliphatic hydroxyl groups excluding tert-OH is 1. The third-order valence-corrected chi connectivity index (χ3v) is 9.89. The summed E-state index contributed by atoms with van der Waals surface area (Å²) in [6, 6.07) is -1.24. The van der Waals surface area contributed by atoms with Crippen molar-refractivity contribution in [3.63, 3.8) is 0 Å². The van der Waals surface area contributed by atoms with Crippen LogP contribution in [0.25, 0.3) is 0 Å². The third kappa shape index (κ3) is 4.87. The Balaban J connectivity index is 2.10. The number of amides is 2. The Bertz CT molecular complexity index is 893. The first-order valence-corrected chi connectivity index (χ1v) is 14.0. The fraction of sp³-hybridized carbons (Fsp3) is 0.750. The Kier molecular flexibility index (Phi) is 8.41. The number of thioether (sulfide) groups is 1. The summed E-state index contributed by atoms with van der Waals surface area (Å²) in [5.74, 6) is -1.96. The van der Waals surface area contributed by atoms with Gasteiger partial charge >= 0.3 is 5.97 Å². The number of fused-ring (bicyclic) bond motifs is 1. The van der Waals surface area contributed by atoms with Crippen molar-refractivity contribution in [2.45, 2.75) is 94.8 Å². The van der Waals surface area contributed by atoms with Gasteiger partial charge in [-0.3, -0.25) is 14.4 Å². The molecule has 36 heavy (non-hydrogen) atoms. The van der Waals surface area contributed by atoms with E-state index in [0.29, 0.717) is 19.4 Å². The van der Waals surface area contributed by atoms with Gasteiger partial charge < -0.3 is 19.6 Å². The van der Waals surface area contributed by atoms with Gasteiger partial charge in [0.25, 0.3) is 0 Å². The van der Waals surface area contributed by atoms with E-state index in [-0.39, 0.29) is 35.7 Å². The summed E-state index contributed by atoms with van der Waals surface area (Å²) < 4.78 is 4.71.